The Morgan fingerprint density at radius 2 is 1.54 bits per heavy atom. The summed E-state index contributed by atoms with van der Waals surface area (Å²) >= 11 is 0. The summed E-state index contributed by atoms with van der Waals surface area (Å²) in [5.41, 5.74) is 1.09. The van der Waals surface area contributed by atoms with Crippen molar-refractivity contribution >= 4 is 23.8 Å². The molecule has 0 aromatic carbocycles. The van der Waals surface area contributed by atoms with Crippen LogP contribution in [-0.4, -0.2) is 104 Å². The van der Waals surface area contributed by atoms with Crippen LogP contribution in [0.5, 0.6) is 0 Å². The molecule has 18 heteroatoms. The van der Waals surface area contributed by atoms with Crippen molar-refractivity contribution < 1.29 is 50.9 Å². The summed E-state index contributed by atoms with van der Waals surface area (Å²) in [5.74, 6) is -4.39. The molecule has 0 bridgehead atoms. The van der Waals surface area contributed by atoms with Gasteiger partial charge in [-0.05, 0) is 38.6 Å². The van der Waals surface area contributed by atoms with Gasteiger partial charge >= 0.3 is 24.3 Å². The maximum absolute atomic E-state index is 12.6. The fourth-order valence-corrected chi connectivity index (χ4v) is 3.05. The number of aromatic nitrogens is 4. The molecule has 0 saturated carbocycles. The lowest BCUT2D eigenvalue weighted by Gasteiger charge is -2.25. The minimum Gasteiger partial charge on any atom is -0.475 e. The number of hydrogen-bond donors (Lipinski definition) is 3. The SMILES string of the molecule is CN(C)CC(=O)N1Cc2ccnn2CC(CCNc2ncccn2)C1.O=C(O)C(F)(F)F.O=C(O)C(F)(F)F. The monoisotopic (exact) mass is 571 g/mol. The molecule has 39 heavy (non-hydrogen) atoms. The highest BCUT2D eigenvalue weighted by atomic mass is 19.4. The summed E-state index contributed by atoms with van der Waals surface area (Å²) in [4.78, 5) is 42.6. The summed E-state index contributed by atoms with van der Waals surface area (Å²) in [6.07, 6.45) is -4.00. The van der Waals surface area contributed by atoms with Crippen molar-refractivity contribution in [1.29, 1.82) is 0 Å². The second-order valence-corrected chi connectivity index (χ2v) is 8.28. The predicted molar refractivity (Wildman–Crippen MR) is 122 cm³/mol. The summed E-state index contributed by atoms with van der Waals surface area (Å²) in [7, 11) is 3.84. The number of rotatable bonds is 6. The molecule has 3 rings (SSSR count). The molecule has 1 amide bonds. The first-order chi connectivity index (χ1) is 18.0. The van der Waals surface area contributed by atoms with Gasteiger partial charge in [0.15, 0.2) is 0 Å². The third kappa shape index (κ3) is 12.9. The first kappa shape index (κ1) is 33.1. The zero-order valence-electron chi connectivity index (χ0n) is 20.8. The minimum atomic E-state index is -5.08. The van der Waals surface area contributed by atoms with Gasteiger partial charge in [-0.3, -0.25) is 9.48 Å². The van der Waals surface area contributed by atoms with Crippen LogP contribution in [0.4, 0.5) is 32.3 Å². The molecule has 0 spiro atoms. The quantitative estimate of drug-likeness (QED) is 0.439. The van der Waals surface area contributed by atoms with Gasteiger partial charge in [0.05, 0.1) is 18.8 Å². The molecule has 0 radical (unpaired) electrons. The Morgan fingerprint density at radius 1 is 1.00 bits per heavy atom. The van der Waals surface area contributed by atoms with Crippen molar-refractivity contribution in [3.63, 3.8) is 0 Å². The number of carboxylic acid groups (broad SMARTS) is 2. The molecule has 1 aliphatic rings. The van der Waals surface area contributed by atoms with E-state index in [0.29, 0.717) is 25.0 Å². The highest BCUT2D eigenvalue weighted by Gasteiger charge is 2.38. The fraction of sp³-hybridized carbons (Fsp3) is 0.524. The van der Waals surface area contributed by atoms with Crippen molar-refractivity contribution in [2.45, 2.75) is 31.9 Å². The number of amides is 1. The highest BCUT2D eigenvalue weighted by Crippen LogP contribution is 2.19. The zero-order valence-corrected chi connectivity index (χ0v) is 20.8. The number of carbonyl (C=O) groups excluding carboxylic acids is 1. The van der Waals surface area contributed by atoms with Gasteiger partial charge in [-0.25, -0.2) is 19.6 Å². The van der Waals surface area contributed by atoms with Crippen molar-refractivity contribution in [2.75, 3.05) is 39.0 Å². The fourth-order valence-electron chi connectivity index (χ4n) is 3.05. The van der Waals surface area contributed by atoms with Gasteiger partial charge in [-0.15, -0.1) is 0 Å². The first-order valence-corrected chi connectivity index (χ1v) is 11.0. The lowest BCUT2D eigenvalue weighted by Crippen LogP contribution is -2.39. The van der Waals surface area contributed by atoms with E-state index in [0.717, 1.165) is 31.7 Å². The molecule has 1 unspecified atom stereocenters. The Morgan fingerprint density at radius 3 is 2.03 bits per heavy atom. The van der Waals surface area contributed by atoms with E-state index < -0.39 is 24.3 Å². The van der Waals surface area contributed by atoms with E-state index in [1.807, 2.05) is 40.8 Å². The van der Waals surface area contributed by atoms with Gasteiger partial charge in [0.1, 0.15) is 0 Å². The molecular formula is C21H27F6N7O5. The van der Waals surface area contributed by atoms with Gasteiger partial charge in [0, 0.05) is 38.2 Å². The largest absolute Gasteiger partial charge is 0.490 e. The maximum atomic E-state index is 12.6. The average molecular weight is 571 g/mol. The van der Waals surface area contributed by atoms with Crippen LogP contribution < -0.4 is 5.32 Å². The van der Waals surface area contributed by atoms with Crippen molar-refractivity contribution in [3.8, 4) is 0 Å². The van der Waals surface area contributed by atoms with Crippen LogP contribution in [0.25, 0.3) is 0 Å². The van der Waals surface area contributed by atoms with Crippen LogP contribution in [-0.2, 0) is 27.5 Å². The highest BCUT2D eigenvalue weighted by molar-refractivity contribution is 5.78. The Kier molecular flexibility index (Phi) is 12.6. The predicted octanol–water partition coefficient (Wildman–Crippen LogP) is 1.96. The smallest absolute Gasteiger partial charge is 0.475 e. The molecule has 2 aromatic heterocycles. The molecule has 2 aromatic rings. The van der Waals surface area contributed by atoms with Crippen LogP contribution >= 0.6 is 0 Å². The number of alkyl halides is 6. The lowest BCUT2D eigenvalue weighted by molar-refractivity contribution is -0.193. The van der Waals surface area contributed by atoms with Crippen LogP contribution in [0.15, 0.2) is 30.7 Å². The van der Waals surface area contributed by atoms with Crippen LogP contribution in [0.1, 0.15) is 12.1 Å². The van der Waals surface area contributed by atoms with Gasteiger partial charge in [-0.2, -0.15) is 31.4 Å². The number of nitrogens with one attached hydrogen (secondary N) is 1. The topological polar surface area (TPSA) is 154 Å². The molecule has 218 valence electrons. The van der Waals surface area contributed by atoms with Gasteiger partial charge in [0.25, 0.3) is 0 Å². The third-order valence-electron chi connectivity index (χ3n) is 4.76. The maximum Gasteiger partial charge on any atom is 0.490 e. The van der Waals surface area contributed by atoms with E-state index in [4.69, 9.17) is 19.8 Å². The normalized spacial score (nSPS) is 15.1. The number of likely N-dealkylation sites (N-methyl/N-ethyl adjacent to an activating group) is 1. The summed E-state index contributed by atoms with van der Waals surface area (Å²) in [6.45, 7) is 3.38. The molecule has 0 aliphatic carbocycles. The number of nitrogens with zero attached hydrogens (tertiary/aromatic N) is 6. The summed E-state index contributed by atoms with van der Waals surface area (Å²) in [5, 5.41) is 21.9. The van der Waals surface area contributed by atoms with Crippen LogP contribution in [0, 0.1) is 5.92 Å². The Balaban J connectivity index is 0.000000449. The van der Waals surface area contributed by atoms with Crippen molar-refractivity contribution in [2.24, 2.45) is 5.92 Å². The zero-order chi connectivity index (χ0) is 29.8. The minimum absolute atomic E-state index is 0.156. The van der Waals surface area contributed by atoms with Crippen LogP contribution in [0.2, 0.25) is 0 Å². The lowest BCUT2D eigenvalue weighted by atomic mass is 10.1. The summed E-state index contributed by atoms with van der Waals surface area (Å²) in [6, 6.07) is 3.79. The summed E-state index contributed by atoms with van der Waals surface area (Å²) < 4.78 is 65.5. The van der Waals surface area contributed by atoms with E-state index >= 15 is 0 Å². The Labute approximate surface area is 218 Å². The molecule has 1 atom stereocenters. The number of halogens is 6. The van der Waals surface area contributed by atoms with Crippen molar-refractivity contribution in [1.82, 2.24) is 29.5 Å². The van der Waals surface area contributed by atoms with E-state index in [-0.39, 0.29) is 5.91 Å². The van der Waals surface area contributed by atoms with E-state index in [2.05, 4.69) is 20.4 Å². The Hall–Kier alpha value is -3.96. The molecular weight excluding hydrogens is 544 g/mol. The second-order valence-electron chi connectivity index (χ2n) is 8.28. The molecule has 0 fully saturated rings. The third-order valence-corrected chi connectivity index (χ3v) is 4.76. The number of hydrogen-bond acceptors (Lipinski definition) is 8. The van der Waals surface area contributed by atoms with Gasteiger partial charge < -0.3 is 25.3 Å². The molecule has 3 N–H and O–H groups in total. The average Bonchev–Trinajstić information content (AvgIpc) is 3.17. The number of carboxylic acids is 2. The molecule has 12 nitrogen and oxygen atoms in total. The molecule has 3 heterocycles. The van der Waals surface area contributed by atoms with E-state index in [9.17, 15) is 31.1 Å². The number of fused-ring (bicyclic) bond motifs is 1. The molecule has 1 aliphatic heterocycles. The first-order valence-electron chi connectivity index (χ1n) is 11.0. The number of anilines is 1. The Bertz CT molecular complexity index is 1040. The van der Waals surface area contributed by atoms with Crippen molar-refractivity contribution in [3.05, 3.63) is 36.4 Å². The standard InChI is InChI=1S/C17H25N7O.2C2HF3O2/c1-22(2)13-16(25)23-10-14(11-24-15(12-23)5-9-21-24)4-8-20-17-18-6-3-7-19-17;2*3-2(4,5)1(6)7/h3,5-7,9,14H,4,8,10-13H2,1-2H3,(H,18,19,20);2*(H,6,7). The van der Waals surface area contributed by atoms with Gasteiger partial charge in [0.2, 0.25) is 11.9 Å². The van der Waals surface area contributed by atoms with E-state index in [1.165, 1.54) is 0 Å². The number of carbonyl (C=O) groups is 3. The molecule has 0 saturated heterocycles. The second kappa shape index (κ2) is 14.8. The van der Waals surface area contributed by atoms with Crippen LogP contribution in [0.3, 0.4) is 0 Å². The van der Waals surface area contributed by atoms with Gasteiger partial charge in [-0.1, -0.05) is 0 Å². The number of aliphatic carboxylic acids is 2. The van der Waals surface area contributed by atoms with E-state index in [1.54, 1.807) is 18.5 Å².